The van der Waals surface area contributed by atoms with Crippen molar-refractivity contribution in [1.82, 2.24) is 15.5 Å². The fourth-order valence-electron chi connectivity index (χ4n) is 4.85. The van der Waals surface area contributed by atoms with E-state index in [0.717, 1.165) is 25.0 Å². The summed E-state index contributed by atoms with van der Waals surface area (Å²) in [5, 5.41) is 7.52. The number of nitrogens with zero attached hydrogens (tertiary/aromatic N) is 1. The second-order valence-electron chi connectivity index (χ2n) is 8.57. The minimum atomic E-state index is 0.252. The summed E-state index contributed by atoms with van der Waals surface area (Å²) in [5.41, 5.74) is 0.252. The second kappa shape index (κ2) is 7.81. The molecule has 4 nitrogen and oxygen atoms in total. The van der Waals surface area contributed by atoms with Crippen LogP contribution in [0.4, 0.5) is 0 Å². The Morgan fingerprint density at radius 2 is 1.83 bits per heavy atom. The van der Waals surface area contributed by atoms with Crippen molar-refractivity contribution < 1.29 is 4.74 Å². The molecule has 0 radical (unpaired) electrons. The van der Waals surface area contributed by atoms with Crippen LogP contribution in [-0.4, -0.2) is 61.9 Å². The van der Waals surface area contributed by atoms with E-state index < -0.39 is 0 Å². The molecular weight excluding hydrogens is 286 g/mol. The van der Waals surface area contributed by atoms with Crippen LogP contribution in [0.1, 0.15) is 52.9 Å². The number of nitrogens with one attached hydrogen (secondary N) is 2. The highest BCUT2D eigenvalue weighted by molar-refractivity contribution is 4.98. The number of morpholine rings is 1. The van der Waals surface area contributed by atoms with Crippen LogP contribution in [0.2, 0.25) is 0 Å². The minimum Gasteiger partial charge on any atom is -0.378 e. The molecule has 3 fully saturated rings. The summed E-state index contributed by atoms with van der Waals surface area (Å²) in [5.74, 6) is 1.71. The zero-order valence-corrected chi connectivity index (χ0v) is 15.4. The van der Waals surface area contributed by atoms with Gasteiger partial charge in [-0.3, -0.25) is 0 Å². The lowest BCUT2D eigenvalue weighted by atomic mass is 9.80. The summed E-state index contributed by atoms with van der Waals surface area (Å²) in [7, 11) is 0. The third kappa shape index (κ3) is 4.47. The summed E-state index contributed by atoms with van der Waals surface area (Å²) < 4.78 is 6.07. The van der Waals surface area contributed by atoms with Crippen LogP contribution >= 0.6 is 0 Å². The van der Waals surface area contributed by atoms with Crippen LogP contribution in [0.5, 0.6) is 0 Å². The van der Waals surface area contributed by atoms with Crippen molar-refractivity contribution in [3.05, 3.63) is 0 Å². The topological polar surface area (TPSA) is 36.5 Å². The fraction of sp³-hybridized carbons (Fsp3) is 1.00. The van der Waals surface area contributed by atoms with Gasteiger partial charge < -0.3 is 20.3 Å². The molecule has 1 spiro atoms. The van der Waals surface area contributed by atoms with Gasteiger partial charge in [-0.2, -0.15) is 0 Å². The number of hydrogen-bond acceptors (Lipinski definition) is 4. The van der Waals surface area contributed by atoms with Crippen LogP contribution < -0.4 is 10.6 Å². The molecule has 3 aliphatic rings. The number of piperidine rings is 2. The standard InChI is InChI=1S/C19H37N3O/c1-15(2)22-10-6-19(7-11-22)14-23-13-18(21-19)12-16(3)17-4-8-20-9-5-17/h15-18,20-21H,4-14H2,1-3H3. The molecule has 0 saturated carbocycles. The zero-order valence-electron chi connectivity index (χ0n) is 15.4. The Morgan fingerprint density at radius 1 is 1.13 bits per heavy atom. The lowest BCUT2D eigenvalue weighted by Gasteiger charge is -2.48. The average molecular weight is 324 g/mol. The maximum absolute atomic E-state index is 6.07. The van der Waals surface area contributed by atoms with Crippen molar-refractivity contribution in [1.29, 1.82) is 0 Å². The lowest BCUT2D eigenvalue weighted by Crippen LogP contribution is -2.63. The van der Waals surface area contributed by atoms with Crippen LogP contribution in [0.25, 0.3) is 0 Å². The molecule has 3 heterocycles. The largest absolute Gasteiger partial charge is 0.378 e. The average Bonchev–Trinajstić information content (AvgIpc) is 2.56. The SMILES string of the molecule is CC(CC1COCC2(CCN(C(C)C)CC2)N1)C1CCNCC1. The Labute approximate surface area is 142 Å². The molecule has 0 bridgehead atoms. The molecule has 0 aromatic rings. The summed E-state index contributed by atoms with van der Waals surface area (Å²) >= 11 is 0. The van der Waals surface area contributed by atoms with Gasteiger partial charge in [-0.05, 0) is 70.9 Å². The first-order valence-corrected chi connectivity index (χ1v) is 9.88. The fourth-order valence-corrected chi connectivity index (χ4v) is 4.85. The molecule has 0 aliphatic carbocycles. The third-order valence-corrected chi connectivity index (χ3v) is 6.54. The van der Waals surface area contributed by atoms with Crippen LogP contribution in [-0.2, 0) is 4.74 Å². The van der Waals surface area contributed by atoms with Crippen molar-refractivity contribution in [2.24, 2.45) is 11.8 Å². The highest BCUT2D eigenvalue weighted by Gasteiger charge is 2.40. The van der Waals surface area contributed by atoms with E-state index >= 15 is 0 Å². The van der Waals surface area contributed by atoms with Crippen LogP contribution in [0, 0.1) is 11.8 Å². The van der Waals surface area contributed by atoms with Crippen molar-refractivity contribution in [3.63, 3.8) is 0 Å². The summed E-state index contributed by atoms with van der Waals surface area (Å²) in [6.45, 7) is 13.7. The van der Waals surface area contributed by atoms with Crippen molar-refractivity contribution in [3.8, 4) is 0 Å². The van der Waals surface area contributed by atoms with Gasteiger partial charge in [0.2, 0.25) is 0 Å². The number of likely N-dealkylation sites (tertiary alicyclic amines) is 1. The maximum atomic E-state index is 6.07. The van der Waals surface area contributed by atoms with Gasteiger partial charge in [0.05, 0.1) is 13.2 Å². The highest BCUT2D eigenvalue weighted by Crippen LogP contribution is 2.31. The Bertz CT molecular complexity index is 360. The van der Waals surface area contributed by atoms with Crippen molar-refractivity contribution in [2.75, 3.05) is 39.4 Å². The molecule has 2 N–H and O–H groups in total. The predicted molar refractivity (Wildman–Crippen MR) is 95.8 cm³/mol. The van der Waals surface area contributed by atoms with Gasteiger partial charge in [0.15, 0.2) is 0 Å². The third-order valence-electron chi connectivity index (χ3n) is 6.54. The van der Waals surface area contributed by atoms with Crippen LogP contribution in [0.15, 0.2) is 0 Å². The second-order valence-corrected chi connectivity index (χ2v) is 8.57. The Morgan fingerprint density at radius 3 is 2.48 bits per heavy atom. The van der Waals surface area contributed by atoms with E-state index in [-0.39, 0.29) is 5.54 Å². The molecule has 0 aromatic heterocycles. The van der Waals surface area contributed by atoms with E-state index in [1.165, 1.54) is 58.3 Å². The summed E-state index contributed by atoms with van der Waals surface area (Å²) in [6.07, 6.45) is 6.46. The van der Waals surface area contributed by atoms with E-state index in [1.54, 1.807) is 0 Å². The highest BCUT2D eigenvalue weighted by atomic mass is 16.5. The van der Waals surface area contributed by atoms with Gasteiger partial charge >= 0.3 is 0 Å². The molecule has 23 heavy (non-hydrogen) atoms. The van der Waals surface area contributed by atoms with Gasteiger partial charge in [-0.15, -0.1) is 0 Å². The smallest absolute Gasteiger partial charge is 0.0650 e. The molecular formula is C19H37N3O. The Kier molecular flexibility index (Phi) is 6.00. The van der Waals surface area contributed by atoms with Crippen LogP contribution in [0.3, 0.4) is 0 Å². The molecule has 3 saturated heterocycles. The minimum absolute atomic E-state index is 0.252. The number of hydrogen-bond donors (Lipinski definition) is 2. The Hall–Kier alpha value is -0.160. The van der Waals surface area contributed by atoms with Gasteiger partial charge in [0.1, 0.15) is 0 Å². The Balaban J connectivity index is 1.50. The van der Waals surface area contributed by atoms with E-state index in [4.69, 9.17) is 4.74 Å². The van der Waals surface area contributed by atoms with Gasteiger partial charge in [0, 0.05) is 30.7 Å². The first-order chi connectivity index (χ1) is 11.1. The molecule has 3 aliphatic heterocycles. The van der Waals surface area contributed by atoms with Gasteiger partial charge in [0.25, 0.3) is 0 Å². The summed E-state index contributed by atoms with van der Waals surface area (Å²) in [6, 6.07) is 1.23. The van der Waals surface area contributed by atoms with Gasteiger partial charge in [-0.25, -0.2) is 0 Å². The van der Waals surface area contributed by atoms with E-state index in [9.17, 15) is 0 Å². The number of rotatable bonds is 4. The molecule has 0 amide bonds. The zero-order chi connectivity index (χ0) is 16.3. The maximum Gasteiger partial charge on any atom is 0.0650 e. The molecule has 4 heteroatoms. The molecule has 2 atom stereocenters. The van der Waals surface area contributed by atoms with Crippen molar-refractivity contribution in [2.45, 2.75) is 70.5 Å². The molecule has 2 unspecified atom stereocenters. The van der Waals surface area contributed by atoms with Crippen molar-refractivity contribution >= 4 is 0 Å². The molecule has 0 aromatic carbocycles. The quantitative estimate of drug-likeness (QED) is 0.832. The monoisotopic (exact) mass is 323 g/mol. The summed E-state index contributed by atoms with van der Waals surface area (Å²) in [4.78, 5) is 2.61. The first-order valence-electron chi connectivity index (χ1n) is 9.88. The normalized spacial score (nSPS) is 31.6. The van der Waals surface area contributed by atoms with E-state index in [2.05, 4.69) is 36.3 Å². The molecule has 3 rings (SSSR count). The lowest BCUT2D eigenvalue weighted by molar-refractivity contribution is -0.0385. The predicted octanol–water partition coefficient (Wildman–Crippen LogP) is 2.24. The first kappa shape index (κ1) is 17.7. The number of ether oxygens (including phenoxy) is 1. The van der Waals surface area contributed by atoms with Gasteiger partial charge in [-0.1, -0.05) is 6.92 Å². The molecule has 134 valence electrons. The van der Waals surface area contributed by atoms with E-state index in [0.29, 0.717) is 12.1 Å². The van der Waals surface area contributed by atoms with E-state index in [1.807, 2.05) is 0 Å².